The second kappa shape index (κ2) is 8.91. The van der Waals surface area contributed by atoms with E-state index in [1.165, 1.54) is 32.1 Å². The van der Waals surface area contributed by atoms with Gasteiger partial charge in [0.05, 0.1) is 5.69 Å². The Labute approximate surface area is 171 Å². The third-order valence-corrected chi connectivity index (χ3v) is 6.19. The minimum atomic E-state index is 0.329. The summed E-state index contributed by atoms with van der Waals surface area (Å²) < 4.78 is 0. The Bertz CT molecular complexity index is 779. The van der Waals surface area contributed by atoms with Crippen LogP contribution in [0.25, 0.3) is 11.3 Å². The zero-order chi connectivity index (χ0) is 19.3. The number of halogens is 1. The van der Waals surface area contributed by atoms with Gasteiger partial charge in [-0.2, -0.15) is 0 Å². The van der Waals surface area contributed by atoms with Gasteiger partial charge in [-0.05, 0) is 43.0 Å². The van der Waals surface area contributed by atoms with E-state index in [9.17, 15) is 4.79 Å². The van der Waals surface area contributed by atoms with Crippen LogP contribution >= 0.6 is 11.6 Å². The maximum absolute atomic E-state index is 12.6. The second-order valence-corrected chi connectivity index (χ2v) is 8.30. The van der Waals surface area contributed by atoms with E-state index >= 15 is 0 Å². The molecule has 2 heterocycles. The maximum atomic E-state index is 12.6. The van der Waals surface area contributed by atoms with Gasteiger partial charge in [0.25, 0.3) is 0 Å². The molecule has 2 aromatic rings. The number of piperazine rings is 1. The predicted octanol–water partition coefficient (Wildman–Crippen LogP) is 4.42. The Morgan fingerprint density at radius 3 is 2.29 bits per heavy atom. The molecule has 6 heteroatoms. The monoisotopic (exact) mass is 398 g/mol. The Balaban J connectivity index is 1.30. The Morgan fingerprint density at radius 2 is 1.64 bits per heavy atom. The summed E-state index contributed by atoms with van der Waals surface area (Å²) in [5.41, 5.74) is 1.84. The summed E-state index contributed by atoms with van der Waals surface area (Å²) in [6.07, 6.45) is 7.09. The van der Waals surface area contributed by atoms with Gasteiger partial charge in [0.15, 0.2) is 5.82 Å². The average molecular weight is 399 g/mol. The van der Waals surface area contributed by atoms with Crippen LogP contribution in [0.3, 0.4) is 0 Å². The standard InChI is InChI=1S/C22H27ClN4O/c23-19-8-6-18(7-9-19)20-10-11-21(25-24-20)26-12-14-27(15-13-26)22(28)16-17-4-2-1-3-5-17/h6-11,17H,1-5,12-16H2. The highest BCUT2D eigenvalue weighted by Crippen LogP contribution is 2.27. The van der Waals surface area contributed by atoms with Gasteiger partial charge in [-0.25, -0.2) is 0 Å². The molecule has 0 N–H and O–H groups in total. The Morgan fingerprint density at radius 1 is 0.929 bits per heavy atom. The first-order valence-corrected chi connectivity index (χ1v) is 10.7. The van der Waals surface area contributed by atoms with Crippen molar-refractivity contribution in [1.82, 2.24) is 15.1 Å². The van der Waals surface area contributed by atoms with Crippen LogP contribution in [0.15, 0.2) is 36.4 Å². The quantitative estimate of drug-likeness (QED) is 0.765. The van der Waals surface area contributed by atoms with E-state index in [2.05, 4.69) is 15.1 Å². The molecule has 4 rings (SSSR count). The lowest BCUT2D eigenvalue weighted by Gasteiger charge is -2.36. The van der Waals surface area contributed by atoms with Crippen LogP contribution in [-0.2, 0) is 4.79 Å². The fourth-order valence-electron chi connectivity index (χ4n) is 4.22. The number of rotatable bonds is 4. The lowest BCUT2D eigenvalue weighted by Crippen LogP contribution is -2.49. The normalized spacial score (nSPS) is 18.3. The first-order valence-electron chi connectivity index (χ1n) is 10.3. The van der Waals surface area contributed by atoms with Crippen LogP contribution in [0.1, 0.15) is 38.5 Å². The lowest BCUT2D eigenvalue weighted by atomic mass is 9.86. The molecule has 5 nitrogen and oxygen atoms in total. The first kappa shape index (κ1) is 19.2. The summed E-state index contributed by atoms with van der Waals surface area (Å²) in [7, 11) is 0. The number of carbonyl (C=O) groups is 1. The molecule has 1 aromatic carbocycles. The second-order valence-electron chi connectivity index (χ2n) is 7.86. The van der Waals surface area contributed by atoms with E-state index in [1.807, 2.05) is 41.3 Å². The molecule has 1 saturated heterocycles. The predicted molar refractivity (Wildman–Crippen MR) is 112 cm³/mol. The topological polar surface area (TPSA) is 49.3 Å². The molecule has 0 bridgehead atoms. The smallest absolute Gasteiger partial charge is 0.222 e. The summed E-state index contributed by atoms with van der Waals surface area (Å²) in [5.74, 6) is 1.80. The number of hydrogen-bond acceptors (Lipinski definition) is 4. The molecule has 1 amide bonds. The van der Waals surface area contributed by atoms with Crippen LogP contribution in [-0.4, -0.2) is 47.2 Å². The summed E-state index contributed by atoms with van der Waals surface area (Å²) in [6, 6.07) is 11.6. The van der Waals surface area contributed by atoms with Gasteiger partial charge >= 0.3 is 0 Å². The van der Waals surface area contributed by atoms with Crippen LogP contribution in [0.2, 0.25) is 5.02 Å². The zero-order valence-corrected chi connectivity index (χ0v) is 16.9. The van der Waals surface area contributed by atoms with Crippen LogP contribution in [0.5, 0.6) is 0 Å². The van der Waals surface area contributed by atoms with E-state index in [0.29, 0.717) is 16.8 Å². The molecule has 0 radical (unpaired) electrons. The van der Waals surface area contributed by atoms with Gasteiger partial charge in [0.1, 0.15) is 0 Å². The van der Waals surface area contributed by atoms with Crippen LogP contribution in [0.4, 0.5) is 5.82 Å². The molecule has 148 valence electrons. The molecule has 28 heavy (non-hydrogen) atoms. The van der Waals surface area contributed by atoms with Gasteiger partial charge < -0.3 is 9.80 Å². The SMILES string of the molecule is O=C(CC1CCCCC1)N1CCN(c2ccc(-c3ccc(Cl)cc3)nn2)CC1. The molecule has 0 spiro atoms. The highest BCUT2D eigenvalue weighted by molar-refractivity contribution is 6.30. The third kappa shape index (κ3) is 4.64. The van der Waals surface area contributed by atoms with Gasteiger partial charge in [-0.15, -0.1) is 10.2 Å². The molecule has 1 aliphatic heterocycles. The van der Waals surface area contributed by atoms with Crippen molar-refractivity contribution in [2.75, 3.05) is 31.1 Å². The minimum absolute atomic E-state index is 0.329. The van der Waals surface area contributed by atoms with Crippen molar-refractivity contribution in [2.24, 2.45) is 5.92 Å². The number of amides is 1. The van der Waals surface area contributed by atoms with E-state index in [0.717, 1.165) is 49.7 Å². The molecule has 1 aromatic heterocycles. The maximum Gasteiger partial charge on any atom is 0.222 e. The van der Waals surface area contributed by atoms with Gasteiger partial charge in [-0.1, -0.05) is 43.0 Å². The van der Waals surface area contributed by atoms with Gasteiger partial charge in [0, 0.05) is 43.2 Å². The fraction of sp³-hybridized carbons (Fsp3) is 0.500. The summed E-state index contributed by atoms with van der Waals surface area (Å²) in [5, 5.41) is 9.49. The molecular weight excluding hydrogens is 372 g/mol. The fourth-order valence-corrected chi connectivity index (χ4v) is 4.35. The van der Waals surface area contributed by atoms with Gasteiger partial charge in [-0.3, -0.25) is 4.79 Å². The number of carbonyl (C=O) groups excluding carboxylic acids is 1. The number of nitrogens with zero attached hydrogens (tertiary/aromatic N) is 4. The van der Waals surface area contributed by atoms with Crippen molar-refractivity contribution >= 4 is 23.3 Å². The largest absolute Gasteiger partial charge is 0.352 e. The number of benzene rings is 1. The third-order valence-electron chi connectivity index (χ3n) is 5.93. The number of aromatic nitrogens is 2. The highest BCUT2D eigenvalue weighted by Gasteiger charge is 2.25. The van der Waals surface area contributed by atoms with E-state index in [-0.39, 0.29) is 0 Å². The highest BCUT2D eigenvalue weighted by atomic mass is 35.5. The lowest BCUT2D eigenvalue weighted by molar-refractivity contribution is -0.132. The van der Waals surface area contributed by atoms with E-state index in [4.69, 9.17) is 11.6 Å². The zero-order valence-electron chi connectivity index (χ0n) is 16.2. The van der Waals surface area contributed by atoms with E-state index < -0.39 is 0 Å². The molecule has 0 atom stereocenters. The Hall–Kier alpha value is -2.14. The van der Waals surface area contributed by atoms with Crippen molar-refractivity contribution in [1.29, 1.82) is 0 Å². The summed E-state index contributed by atoms with van der Waals surface area (Å²) in [6.45, 7) is 3.16. The molecule has 1 saturated carbocycles. The van der Waals surface area contributed by atoms with Crippen LogP contribution in [0, 0.1) is 5.92 Å². The minimum Gasteiger partial charge on any atom is -0.352 e. The summed E-state index contributed by atoms with van der Waals surface area (Å²) in [4.78, 5) is 16.8. The number of hydrogen-bond donors (Lipinski definition) is 0. The first-order chi connectivity index (χ1) is 13.7. The van der Waals surface area contributed by atoms with Gasteiger partial charge in [0.2, 0.25) is 5.91 Å². The molecule has 2 fully saturated rings. The molecule has 1 aliphatic carbocycles. The average Bonchev–Trinajstić information content (AvgIpc) is 2.75. The van der Waals surface area contributed by atoms with Crippen LogP contribution < -0.4 is 4.90 Å². The molecular formula is C22H27ClN4O. The van der Waals surface area contributed by atoms with Crippen molar-refractivity contribution < 1.29 is 4.79 Å². The van der Waals surface area contributed by atoms with E-state index in [1.54, 1.807) is 0 Å². The number of anilines is 1. The Kier molecular flexibility index (Phi) is 6.10. The van der Waals surface area contributed by atoms with Crippen molar-refractivity contribution in [3.05, 3.63) is 41.4 Å². The molecule has 2 aliphatic rings. The van der Waals surface area contributed by atoms with Crippen molar-refractivity contribution in [2.45, 2.75) is 38.5 Å². The van der Waals surface area contributed by atoms with Crippen molar-refractivity contribution in [3.8, 4) is 11.3 Å². The molecule has 0 unspecified atom stereocenters. The van der Waals surface area contributed by atoms with Crippen molar-refractivity contribution in [3.63, 3.8) is 0 Å². The summed E-state index contributed by atoms with van der Waals surface area (Å²) >= 11 is 5.94.